The number of oxazole rings is 1. The fraction of sp³-hybridized carbons (Fsp3) is 0.483. The van der Waals surface area contributed by atoms with Gasteiger partial charge in [0.15, 0.2) is 0 Å². The van der Waals surface area contributed by atoms with Gasteiger partial charge in [0, 0.05) is 36.0 Å². The Hall–Kier alpha value is -3.10. The van der Waals surface area contributed by atoms with E-state index in [1.165, 1.54) is 0 Å². The zero-order valence-electron chi connectivity index (χ0n) is 22.1. The van der Waals surface area contributed by atoms with Gasteiger partial charge in [-0.2, -0.15) is 0 Å². The molecule has 9 heteroatoms. The summed E-state index contributed by atoms with van der Waals surface area (Å²) in [6.07, 6.45) is 6.95. The number of aromatic nitrogens is 1. The predicted octanol–water partition coefficient (Wildman–Crippen LogP) is 5.93. The lowest BCUT2D eigenvalue weighted by atomic mass is 9.84. The number of hydrogen-bond donors (Lipinski definition) is 1. The zero-order valence-corrected chi connectivity index (χ0v) is 22.8. The largest absolute Gasteiger partial charge is 0.481 e. The second-order valence-electron chi connectivity index (χ2n) is 10.3. The molecule has 1 aliphatic heterocycles. The van der Waals surface area contributed by atoms with Crippen molar-refractivity contribution in [2.24, 2.45) is 17.8 Å². The average Bonchev–Trinajstić information content (AvgIpc) is 3.46. The summed E-state index contributed by atoms with van der Waals surface area (Å²) in [5.41, 5.74) is 2.67. The molecule has 38 heavy (non-hydrogen) atoms. The van der Waals surface area contributed by atoms with Gasteiger partial charge in [0.05, 0.1) is 31.4 Å². The molecule has 2 aromatic rings. The van der Waals surface area contributed by atoms with Crippen LogP contribution in [0.3, 0.4) is 0 Å². The maximum absolute atomic E-state index is 12.6. The van der Waals surface area contributed by atoms with Gasteiger partial charge in [0.2, 0.25) is 5.89 Å². The summed E-state index contributed by atoms with van der Waals surface area (Å²) >= 11 is 6.10. The quantitative estimate of drug-likeness (QED) is 0.397. The highest BCUT2D eigenvalue weighted by Crippen LogP contribution is 2.35. The van der Waals surface area contributed by atoms with Crippen LogP contribution in [0, 0.1) is 24.7 Å². The number of benzene rings is 1. The van der Waals surface area contributed by atoms with E-state index in [0.29, 0.717) is 43.6 Å². The Kier molecular flexibility index (Phi) is 9.28. The van der Waals surface area contributed by atoms with Crippen LogP contribution >= 0.6 is 11.6 Å². The van der Waals surface area contributed by atoms with Crippen LogP contribution in [0.1, 0.15) is 38.1 Å². The average molecular weight is 543 g/mol. The third-order valence-electron chi connectivity index (χ3n) is 6.80. The van der Waals surface area contributed by atoms with Crippen LogP contribution < -0.4 is 0 Å². The van der Waals surface area contributed by atoms with Gasteiger partial charge >= 0.3 is 12.1 Å². The zero-order chi connectivity index (χ0) is 27.2. The summed E-state index contributed by atoms with van der Waals surface area (Å²) in [5.74, 6) is 0.374. The molecule has 1 N–H and O–H groups in total. The standard InChI is InChI=1S/C29H35ClN2O6/c1-18(2)17-37-29(35)32-15-22(14-27(33)34)25(16-32)20-6-5-9-24(13-20)36-11-10-26-19(3)38-28(31-26)21-7-4-8-23(30)12-21/h4-8,12-13,18,22,24-25H,9-11,14-17H2,1-3H3,(H,33,34)/t22-,24?,25-/m0/s1. The fourth-order valence-corrected chi connectivity index (χ4v) is 5.10. The molecular formula is C29H35ClN2O6. The summed E-state index contributed by atoms with van der Waals surface area (Å²) in [6, 6.07) is 7.39. The van der Waals surface area contributed by atoms with Crippen molar-refractivity contribution < 1.29 is 28.6 Å². The molecule has 2 aliphatic rings. The minimum absolute atomic E-state index is 0.00424. The highest BCUT2D eigenvalue weighted by molar-refractivity contribution is 6.30. The monoisotopic (exact) mass is 542 g/mol. The van der Waals surface area contributed by atoms with E-state index in [-0.39, 0.29) is 36.4 Å². The Morgan fingerprint density at radius 1 is 1.29 bits per heavy atom. The third-order valence-corrected chi connectivity index (χ3v) is 7.03. The molecule has 1 aromatic heterocycles. The lowest BCUT2D eigenvalue weighted by Gasteiger charge is -2.23. The Morgan fingerprint density at radius 2 is 2.11 bits per heavy atom. The molecular weight excluding hydrogens is 508 g/mol. The normalized spacial score (nSPS) is 21.1. The minimum Gasteiger partial charge on any atom is -0.481 e. The van der Waals surface area contributed by atoms with E-state index >= 15 is 0 Å². The molecule has 1 amide bonds. The third kappa shape index (κ3) is 7.26. The smallest absolute Gasteiger partial charge is 0.409 e. The molecule has 4 rings (SSSR count). The van der Waals surface area contributed by atoms with Crippen molar-refractivity contribution in [2.45, 2.75) is 46.1 Å². The first-order chi connectivity index (χ1) is 18.2. The Morgan fingerprint density at radius 3 is 2.84 bits per heavy atom. The van der Waals surface area contributed by atoms with Gasteiger partial charge in [0.1, 0.15) is 5.76 Å². The van der Waals surface area contributed by atoms with Crippen LogP contribution in [-0.4, -0.2) is 59.5 Å². The Bertz CT molecular complexity index is 1200. The second-order valence-corrected chi connectivity index (χ2v) is 10.8. The lowest BCUT2D eigenvalue weighted by molar-refractivity contribution is -0.138. The van der Waals surface area contributed by atoms with Crippen LogP contribution in [0.4, 0.5) is 4.79 Å². The van der Waals surface area contributed by atoms with Crippen molar-refractivity contribution in [3.63, 3.8) is 0 Å². The van der Waals surface area contributed by atoms with Gasteiger partial charge in [-0.25, -0.2) is 9.78 Å². The molecule has 1 aromatic carbocycles. The van der Waals surface area contributed by atoms with Crippen LogP contribution in [-0.2, 0) is 20.7 Å². The van der Waals surface area contributed by atoms with Crippen molar-refractivity contribution in [3.05, 3.63) is 64.5 Å². The number of carbonyl (C=O) groups excluding carboxylic acids is 1. The van der Waals surface area contributed by atoms with Crippen LogP contribution in [0.5, 0.6) is 0 Å². The number of carbonyl (C=O) groups is 2. The van der Waals surface area contributed by atoms with E-state index in [1.54, 1.807) is 4.90 Å². The van der Waals surface area contributed by atoms with E-state index in [2.05, 4.69) is 17.1 Å². The van der Waals surface area contributed by atoms with E-state index < -0.39 is 5.97 Å². The van der Waals surface area contributed by atoms with Gasteiger partial charge in [0.25, 0.3) is 0 Å². The topological polar surface area (TPSA) is 102 Å². The molecule has 2 heterocycles. The van der Waals surface area contributed by atoms with Gasteiger partial charge in [-0.05, 0) is 49.0 Å². The van der Waals surface area contributed by atoms with Crippen molar-refractivity contribution in [2.75, 3.05) is 26.3 Å². The number of carboxylic acid groups (broad SMARTS) is 1. The number of aryl methyl sites for hydroxylation is 1. The van der Waals surface area contributed by atoms with Crippen LogP contribution in [0.2, 0.25) is 5.02 Å². The molecule has 3 atom stereocenters. The molecule has 8 nitrogen and oxygen atoms in total. The maximum Gasteiger partial charge on any atom is 0.409 e. The first-order valence-electron chi connectivity index (χ1n) is 13.0. The van der Waals surface area contributed by atoms with Crippen molar-refractivity contribution >= 4 is 23.7 Å². The van der Waals surface area contributed by atoms with Crippen LogP contribution in [0.25, 0.3) is 11.5 Å². The number of allylic oxidation sites excluding steroid dienone is 1. The summed E-state index contributed by atoms with van der Waals surface area (Å²) < 4.78 is 17.4. The first-order valence-corrected chi connectivity index (χ1v) is 13.4. The number of aliphatic carboxylic acids is 1. The number of hydrogen-bond acceptors (Lipinski definition) is 6. The molecule has 1 saturated heterocycles. The summed E-state index contributed by atoms with van der Waals surface area (Å²) in [4.78, 5) is 30.4. The SMILES string of the molecule is Cc1oc(-c2cccc(Cl)c2)nc1CCOC1C=C([C@@H]2CN(C(=O)OCC(C)C)C[C@@H]2CC(=O)O)C=CC1. The number of likely N-dealkylation sites (tertiary alicyclic amines) is 1. The number of rotatable bonds is 10. The molecule has 1 fully saturated rings. The molecule has 1 aliphatic carbocycles. The lowest BCUT2D eigenvalue weighted by Crippen LogP contribution is -2.31. The summed E-state index contributed by atoms with van der Waals surface area (Å²) in [6.45, 7) is 7.45. The van der Waals surface area contributed by atoms with Crippen molar-refractivity contribution in [1.29, 1.82) is 0 Å². The Balaban J connectivity index is 1.37. The predicted molar refractivity (Wildman–Crippen MR) is 144 cm³/mol. The van der Waals surface area contributed by atoms with E-state index in [4.69, 9.17) is 25.5 Å². The summed E-state index contributed by atoms with van der Waals surface area (Å²) in [7, 11) is 0. The fourth-order valence-electron chi connectivity index (χ4n) is 4.91. The van der Waals surface area contributed by atoms with E-state index in [1.807, 2.05) is 51.1 Å². The van der Waals surface area contributed by atoms with Gasteiger partial charge in [-0.3, -0.25) is 4.79 Å². The summed E-state index contributed by atoms with van der Waals surface area (Å²) in [5, 5.41) is 10.1. The molecule has 0 saturated carbocycles. The number of halogens is 1. The van der Waals surface area contributed by atoms with E-state index in [0.717, 1.165) is 29.0 Å². The van der Waals surface area contributed by atoms with Gasteiger partial charge in [-0.15, -0.1) is 0 Å². The highest BCUT2D eigenvalue weighted by Gasteiger charge is 2.39. The second kappa shape index (κ2) is 12.6. The number of amides is 1. The maximum atomic E-state index is 12.6. The van der Waals surface area contributed by atoms with Gasteiger partial charge in [-0.1, -0.05) is 49.7 Å². The first kappa shape index (κ1) is 27.9. The Labute approximate surface area is 228 Å². The highest BCUT2D eigenvalue weighted by atomic mass is 35.5. The van der Waals surface area contributed by atoms with Crippen molar-refractivity contribution in [1.82, 2.24) is 9.88 Å². The minimum atomic E-state index is -0.870. The van der Waals surface area contributed by atoms with E-state index in [9.17, 15) is 14.7 Å². The molecule has 0 bridgehead atoms. The van der Waals surface area contributed by atoms with Crippen LogP contribution in [0.15, 0.2) is 52.5 Å². The number of nitrogens with zero attached hydrogens (tertiary/aromatic N) is 2. The number of carboxylic acids is 1. The number of ether oxygens (including phenoxy) is 2. The molecule has 0 radical (unpaired) electrons. The molecule has 204 valence electrons. The molecule has 0 spiro atoms. The van der Waals surface area contributed by atoms with Gasteiger partial charge < -0.3 is 23.9 Å². The molecule has 1 unspecified atom stereocenters. The van der Waals surface area contributed by atoms with Crippen molar-refractivity contribution in [3.8, 4) is 11.5 Å².